The molecule has 1 N–H and O–H groups in total. The Balaban J connectivity index is 2.40. The molecular weight excluding hydrogens is 224 g/mol. The maximum Gasteiger partial charge on any atom is 0.119 e. The van der Waals surface area contributed by atoms with Gasteiger partial charge in [0.15, 0.2) is 0 Å². The first-order valence-corrected chi connectivity index (χ1v) is 6.50. The van der Waals surface area contributed by atoms with E-state index in [1.54, 1.807) is 7.11 Å². The number of nitrogens with one attached hydrogen (secondary N) is 1. The van der Waals surface area contributed by atoms with Gasteiger partial charge in [-0.05, 0) is 36.1 Å². The van der Waals surface area contributed by atoms with E-state index in [2.05, 4.69) is 42.9 Å². The number of hydrogen-bond acceptors (Lipinski definition) is 2. The van der Waals surface area contributed by atoms with Crippen LogP contribution >= 0.6 is 0 Å². The zero-order valence-corrected chi connectivity index (χ0v) is 11.5. The quantitative estimate of drug-likeness (QED) is 0.834. The molecule has 2 heterocycles. The summed E-state index contributed by atoms with van der Waals surface area (Å²) in [5.74, 6) is 1.52. The van der Waals surface area contributed by atoms with Crippen LogP contribution in [0.15, 0.2) is 12.1 Å². The molecule has 1 aliphatic rings. The van der Waals surface area contributed by atoms with Crippen LogP contribution in [0.3, 0.4) is 0 Å². The van der Waals surface area contributed by atoms with Crippen molar-refractivity contribution in [2.75, 3.05) is 13.7 Å². The summed E-state index contributed by atoms with van der Waals surface area (Å²) in [7, 11) is 3.90. The lowest BCUT2D eigenvalue weighted by Gasteiger charge is -2.21. The monoisotopic (exact) mass is 244 g/mol. The highest BCUT2D eigenvalue weighted by atomic mass is 16.5. The minimum Gasteiger partial charge on any atom is -0.497 e. The minimum atomic E-state index is 0.559. The van der Waals surface area contributed by atoms with E-state index in [9.17, 15) is 0 Å². The van der Waals surface area contributed by atoms with Gasteiger partial charge in [-0.25, -0.2) is 0 Å². The number of nitrogens with zero attached hydrogens (tertiary/aromatic N) is 1. The topological polar surface area (TPSA) is 26.2 Å². The van der Waals surface area contributed by atoms with Crippen molar-refractivity contribution in [2.24, 2.45) is 7.05 Å². The number of aryl methyl sites for hydroxylation is 2. The molecule has 0 bridgehead atoms. The molecule has 3 rings (SSSR count). The molecule has 1 unspecified atom stereocenters. The second-order valence-corrected chi connectivity index (χ2v) is 5.29. The van der Waals surface area contributed by atoms with Crippen LogP contribution in [0.2, 0.25) is 0 Å². The highest BCUT2D eigenvalue weighted by Crippen LogP contribution is 2.37. The summed E-state index contributed by atoms with van der Waals surface area (Å²) in [6.07, 6.45) is 0. The molecule has 0 aliphatic carbocycles. The zero-order chi connectivity index (χ0) is 12.9. The molecule has 0 amide bonds. The van der Waals surface area contributed by atoms with Crippen molar-refractivity contribution in [1.29, 1.82) is 0 Å². The average Bonchev–Trinajstić information content (AvgIpc) is 2.65. The van der Waals surface area contributed by atoms with Gasteiger partial charge in [0.2, 0.25) is 0 Å². The van der Waals surface area contributed by atoms with E-state index in [0.29, 0.717) is 5.92 Å². The first-order valence-electron chi connectivity index (χ1n) is 6.50. The number of benzene rings is 1. The molecule has 1 atom stereocenters. The van der Waals surface area contributed by atoms with Crippen LogP contribution in [0.5, 0.6) is 5.75 Å². The van der Waals surface area contributed by atoms with Crippen molar-refractivity contribution in [3.8, 4) is 5.75 Å². The Morgan fingerprint density at radius 1 is 1.39 bits per heavy atom. The Kier molecular flexibility index (Phi) is 2.59. The lowest BCUT2D eigenvalue weighted by molar-refractivity contribution is 0.415. The predicted molar refractivity (Wildman–Crippen MR) is 74.3 cm³/mol. The van der Waals surface area contributed by atoms with Crippen LogP contribution in [0.1, 0.15) is 29.7 Å². The third kappa shape index (κ3) is 1.47. The van der Waals surface area contributed by atoms with Gasteiger partial charge in [-0.15, -0.1) is 0 Å². The largest absolute Gasteiger partial charge is 0.497 e. The summed E-state index contributed by atoms with van der Waals surface area (Å²) in [6, 6.07) is 4.30. The Morgan fingerprint density at radius 2 is 2.17 bits per heavy atom. The van der Waals surface area contributed by atoms with Crippen molar-refractivity contribution in [3.63, 3.8) is 0 Å². The normalized spacial score (nSPS) is 19.0. The molecule has 0 saturated carbocycles. The number of aromatic nitrogens is 1. The van der Waals surface area contributed by atoms with Crippen molar-refractivity contribution < 1.29 is 4.74 Å². The fourth-order valence-corrected chi connectivity index (χ4v) is 3.26. The third-order valence-electron chi connectivity index (χ3n) is 4.09. The van der Waals surface area contributed by atoms with E-state index in [0.717, 1.165) is 18.8 Å². The molecule has 3 heteroatoms. The number of methoxy groups -OCH3 is 1. The minimum absolute atomic E-state index is 0.559. The molecule has 18 heavy (non-hydrogen) atoms. The summed E-state index contributed by atoms with van der Waals surface area (Å²) in [4.78, 5) is 0. The molecule has 0 fully saturated rings. The van der Waals surface area contributed by atoms with E-state index < -0.39 is 0 Å². The second kappa shape index (κ2) is 4.02. The molecule has 1 aromatic heterocycles. The lowest BCUT2D eigenvalue weighted by Crippen LogP contribution is -2.27. The average molecular weight is 244 g/mol. The van der Waals surface area contributed by atoms with E-state index in [1.807, 2.05) is 0 Å². The molecule has 0 radical (unpaired) electrons. The SMILES string of the molecule is COc1cc(C)c2c(c1)c1c(n2C)CNCC1C. The van der Waals surface area contributed by atoms with Crippen molar-refractivity contribution in [2.45, 2.75) is 26.3 Å². The Bertz CT molecular complexity index is 613. The molecule has 1 aromatic carbocycles. The van der Waals surface area contributed by atoms with Crippen molar-refractivity contribution in [3.05, 3.63) is 29.0 Å². The Morgan fingerprint density at radius 3 is 2.89 bits per heavy atom. The number of hydrogen-bond donors (Lipinski definition) is 1. The van der Waals surface area contributed by atoms with Gasteiger partial charge in [-0.1, -0.05) is 6.92 Å². The van der Waals surface area contributed by atoms with Crippen LogP contribution in [0.4, 0.5) is 0 Å². The third-order valence-corrected chi connectivity index (χ3v) is 4.09. The van der Waals surface area contributed by atoms with Gasteiger partial charge in [0.1, 0.15) is 5.75 Å². The first-order chi connectivity index (χ1) is 8.63. The Hall–Kier alpha value is -1.48. The maximum atomic E-state index is 5.41. The fraction of sp³-hybridized carbons (Fsp3) is 0.467. The number of fused-ring (bicyclic) bond motifs is 3. The van der Waals surface area contributed by atoms with Crippen LogP contribution in [0.25, 0.3) is 10.9 Å². The molecule has 2 aromatic rings. The Labute approximate surface area is 108 Å². The number of rotatable bonds is 1. The summed E-state index contributed by atoms with van der Waals surface area (Å²) in [5, 5.41) is 4.85. The first kappa shape index (κ1) is 11.6. The molecular formula is C15H20N2O. The van der Waals surface area contributed by atoms with Crippen LogP contribution < -0.4 is 10.1 Å². The summed E-state index contributed by atoms with van der Waals surface area (Å²) in [6.45, 7) is 6.47. The molecule has 1 aliphatic heterocycles. The van der Waals surface area contributed by atoms with Crippen molar-refractivity contribution in [1.82, 2.24) is 9.88 Å². The van der Waals surface area contributed by atoms with Gasteiger partial charge in [0.25, 0.3) is 0 Å². The summed E-state index contributed by atoms with van der Waals surface area (Å²) >= 11 is 0. The summed E-state index contributed by atoms with van der Waals surface area (Å²) < 4.78 is 7.75. The van der Waals surface area contributed by atoms with Gasteiger partial charge >= 0.3 is 0 Å². The van der Waals surface area contributed by atoms with Crippen LogP contribution in [0, 0.1) is 6.92 Å². The van der Waals surface area contributed by atoms with Crippen molar-refractivity contribution >= 4 is 10.9 Å². The van der Waals surface area contributed by atoms with E-state index in [1.165, 1.54) is 27.7 Å². The number of ether oxygens (including phenoxy) is 1. The van der Waals surface area contributed by atoms with Gasteiger partial charge in [0.05, 0.1) is 12.6 Å². The van der Waals surface area contributed by atoms with Gasteiger partial charge < -0.3 is 14.6 Å². The molecule has 0 saturated heterocycles. The fourth-order valence-electron chi connectivity index (χ4n) is 3.26. The molecule has 0 spiro atoms. The van der Waals surface area contributed by atoms with Crippen LogP contribution in [-0.2, 0) is 13.6 Å². The van der Waals surface area contributed by atoms with Crippen LogP contribution in [-0.4, -0.2) is 18.2 Å². The standard InChI is InChI=1S/C15H20N2O/c1-9-5-11(18-4)6-12-14-10(2)7-16-8-13(14)17(3)15(9)12/h5-6,10,16H,7-8H2,1-4H3. The van der Waals surface area contributed by atoms with Gasteiger partial charge in [-0.3, -0.25) is 0 Å². The lowest BCUT2D eigenvalue weighted by atomic mass is 9.94. The van der Waals surface area contributed by atoms with E-state index >= 15 is 0 Å². The highest BCUT2D eigenvalue weighted by Gasteiger charge is 2.24. The summed E-state index contributed by atoms with van der Waals surface area (Å²) in [5.41, 5.74) is 5.54. The van der Waals surface area contributed by atoms with Gasteiger partial charge in [-0.2, -0.15) is 0 Å². The van der Waals surface area contributed by atoms with E-state index in [-0.39, 0.29) is 0 Å². The van der Waals surface area contributed by atoms with E-state index in [4.69, 9.17) is 4.74 Å². The maximum absolute atomic E-state index is 5.41. The smallest absolute Gasteiger partial charge is 0.119 e. The molecule has 3 nitrogen and oxygen atoms in total. The van der Waals surface area contributed by atoms with Gasteiger partial charge in [0, 0.05) is 31.2 Å². The highest BCUT2D eigenvalue weighted by molar-refractivity contribution is 5.90. The zero-order valence-electron chi connectivity index (χ0n) is 11.5. The predicted octanol–water partition coefficient (Wildman–Crippen LogP) is 2.70. The second-order valence-electron chi connectivity index (χ2n) is 5.29. The molecule has 96 valence electrons.